The molecule has 9 nitrogen and oxygen atoms in total. The number of carbonyl (C=O) groups excluding carboxylic acids is 1. The van der Waals surface area contributed by atoms with E-state index in [0.29, 0.717) is 6.54 Å². The summed E-state index contributed by atoms with van der Waals surface area (Å²) in [5.74, 6) is 6.00. The van der Waals surface area contributed by atoms with Crippen molar-refractivity contribution in [2.75, 3.05) is 32.8 Å². The van der Waals surface area contributed by atoms with Gasteiger partial charge in [0, 0.05) is 43.3 Å². The van der Waals surface area contributed by atoms with E-state index in [-0.39, 0.29) is 30.4 Å². The first kappa shape index (κ1) is 26.5. The van der Waals surface area contributed by atoms with E-state index in [9.17, 15) is 14.7 Å². The second kappa shape index (κ2) is 11.7. The van der Waals surface area contributed by atoms with Crippen LogP contribution in [0, 0.1) is 11.8 Å². The fraction of sp³-hybridized carbons (Fsp3) is 0.367. The van der Waals surface area contributed by atoms with Crippen LogP contribution in [0.15, 0.2) is 59.7 Å². The van der Waals surface area contributed by atoms with Crippen LogP contribution in [0.2, 0.25) is 0 Å². The number of aromatic nitrogens is 2. The van der Waals surface area contributed by atoms with Crippen LogP contribution in [0.5, 0.6) is 5.75 Å². The van der Waals surface area contributed by atoms with Gasteiger partial charge in [-0.15, -0.1) is 0 Å². The molecule has 1 atom stereocenters. The van der Waals surface area contributed by atoms with Crippen LogP contribution in [0.3, 0.4) is 0 Å². The first-order valence-electron chi connectivity index (χ1n) is 13.2. The predicted molar refractivity (Wildman–Crippen MR) is 147 cm³/mol. The van der Waals surface area contributed by atoms with Gasteiger partial charge in [0.1, 0.15) is 5.69 Å². The van der Waals surface area contributed by atoms with Gasteiger partial charge < -0.3 is 24.6 Å². The Morgan fingerprint density at radius 2 is 1.64 bits per heavy atom. The summed E-state index contributed by atoms with van der Waals surface area (Å²) in [4.78, 5) is 37.3. The van der Waals surface area contributed by atoms with Crippen molar-refractivity contribution >= 4 is 6.03 Å². The van der Waals surface area contributed by atoms with Gasteiger partial charge in [0.05, 0.1) is 32.1 Å². The molecule has 2 aromatic carbocycles. The second-order valence-electron chi connectivity index (χ2n) is 10.2. The maximum Gasteiger partial charge on any atom is 0.321 e. The lowest BCUT2D eigenvalue weighted by Gasteiger charge is -2.26. The van der Waals surface area contributed by atoms with E-state index < -0.39 is 11.3 Å². The number of aromatic amines is 1. The van der Waals surface area contributed by atoms with Gasteiger partial charge in [0.25, 0.3) is 5.56 Å². The number of nitrogens with zero attached hydrogens (tertiary/aromatic N) is 4. The summed E-state index contributed by atoms with van der Waals surface area (Å²) in [5.41, 5.74) is 3.59. The van der Waals surface area contributed by atoms with Gasteiger partial charge in [0.2, 0.25) is 5.75 Å². The number of urea groups is 1. The second-order valence-corrected chi connectivity index (χ2v) is 10.2. The van der Waals surface area contributed by atoms with Gasteiger partial charge in [-0.3, -0.25) is 9.69 Å². The Hall–Kier alpha value is -4.13. The third-order valence-corrected chi connectivity index (χ3v) is 7.20. The van der Waals surface area contributed by atoms with E-state index >= 15 is 0 Å². The van der Waals surface area contributed by atoms with E-state index in [4.69, 9.17) is 4.74 Å². The van der Waals surface area contributed by atoms with Crippen molar-refractivity contribution in [3.05, 3.63) is 93.2 Å². The summed E-state index contributed by atoms with van der Waals surface area (Å²) in [6.45, 7) is 8.91. The van der Waals surface area contributed by atoms with E-state index in [0.717, 1.165) is 49.5 Å². The minimum atomic E-state index is -0.626. The Bertz CT molecular complexity index is 1420. The summed E-state index contributed by atoms with van der Waals surface area (Å²) >= 11 is 0. The molecule has 2 saturated heterocycles. The zero-order valence-electron chi connectivity index (χ0n) is 22.3. The average molecular weight is 528 g/mol. The Morgan fingerprint density at radius 3 is 2.28 bits per heavy atom. The number of H-pyrrole nitrogens is 1. The monoisotopic (exact) mass is 527 g/mol. The third kappa shape index (κ3) is 6.14. The number of benzene rings is 2. The van der Waals surface area contributed by atoms with Crippen molar-refractivity contribution in [3.8, 4) is 17.6 Å². The number of rotatable bonds is 6. The molecular formula is C30H33N5O4. The van der Waals surface area contributed by atoms with Crippen molar-refractivity contribution in [2.24, 2.45) is 0 Å². The van der Waals surface area contributed by atoms with Gasteiger partial charge in [0.15, 0.2) is 0 Å². The molecule has 2 aliphatic rings. The Kier molecular flexibility index (Phi) is 7.96. The molecule has 9 heteroatoms. The zero-order chi connectivity index (χ0) is 27.4. The van der Waals surface area contributed by atoms with Gasteiger partial charge in [-0.25, -0.2) is 9.78 Å². The Morgan fingerprint density at radius 1 is 1.00 bits per heavy atom. The fourth-order valence-corrected chi connectivity index (χ4v) is 4.91. The Labute approximate surface area is 228 Å². The molecule has 2 amide bonds. The number of hydrogen-bond donors (Lipinski definition) is 2. The lowest BCUT2D eigenvalue weighted by molar-refractivity contribution is 0.0342. The first-order chi connectivity index (χ1) is 18.9. The predicted octanol–water partition coefficient (Wildman–Crippen LogP) is 3.09. The van der Waals surface area contributed by atoms with Crippen molar-refractivity contribution in [1.29, 1.82) is 0 Å². The van der Waals surface area contributed by atoms with Crippen molar-refractivity contribution in [1.82, 2.24) is 24.7 Å². The molecule has 0 spiro atoms. The number of morpholine rings is 1. The van der Waals surface area contributed by atoms with Gasteiger partial charge >= 0.3 is 6.03 Å². The quantitative estimate of drug-likeness (QED) is 0.478. The van der Waals surface area contributed by atoms with Gasteiger partial charge in [-0.1, -0.05) is 36.1 Å². The SMILES string of the molecule is CC(C)N1CC(c2ccc(C#Cc3ccc(CN4CCOCC4)cc3)cc2)N(Cc2nc[nH]c(=O)c2O)C1=O. The van der Waals surface area contributed by atoms with Crippen LogP contribution in [0.25, 0.3) is 0 Å². The van der Waals surface area contributed by atoms with Crippen LogP contribution in [-0.4, -0.2) is 74.7 Å². The highest BCUT2D eigenvalue weighted by Crippen LogP contribution is 2.33. The average Bonchev–Trinajstić information content (AvgIpc) is 3.27. The smallest absolute Gasteiger partial charge is 0.321 e. The van der Waals surface area contributed by atoms with E-state index in [1.165, 1.54) is 11.9 Å². The molecule has 1 aromatic heterocycles. The molecule has 2 aliphatic heterocycles. The summed E-state index contributed by atoms with van der Waals surface area (Å²) in [7, 11) is 0. The minimum Gasteiger partial charge on any atom is -0.502 e. The lowest BCUT2D eigenvalue weighted by atomic mass is 10.0. The molecule has 39 heavy (non-hydrogen) atoms. The molecule has 0 bridgehead atoms. The standard InChI is InChI=1S/C30H33N5O4/c1-21(2)34-19-27(35(30(34)38)18-26-28(36)29(37)32-20-31-26)25-11-9-23(10-12-25)4-3-22-5-7-24(8-6-22)17-33-13-15-39-16-14-33/h5-12,20-21,27,36H,13-19H2,1-2H3,(H,31,32,37). The summed E-state index contributed by atoms with van der Waals surface area (Å²) < 4.78 is 5.42. The number of ether oxygens (including phenoxy) is 1. The molecule has 202 valence electrons. The molecule has 2 fully saturated rings. The number of amides is 2. The zero-order valence-corrected chi connectivity index (χ0v) is 22.3. The fourth-order valence-electron chi connectivity index (χ4n) is 4.91. The van der Waals surface area contributed by atoms with E-state index in [1.54, 1.807) is 9.80 Å². The minimum absolute atomic E-state index is 0.0103. The Balaban J connectivity index is 1.29. The summed E-state index contributed by atoms with van der Waals surface area (Å²) in [5, 5.41) is 10.2. The highest BCUT2D eigenvalue weighted by atomic mass is 16.5. The molecule has 0 saturated carbocycles. The van der Waals surface area contributed by atoms with E-state index in [1.807, 2.05) is 38.1 Å². The lowest BCUT2D eigenvalue weighted by Crippen LogP contribution is -2.36. The van der Waals surface area contributed by atoms with Crippen LogP contribution in [0.4, 0.5) is 4.79 Å². The van der Waals surface area contributed by atoms with Crippen LogP contribution < -0.4 is 5.56 Å². The molecule has 1 unspecified atom stereocenters. The largest absolute Gasteiger partial charge is 0.502 e. The van der Waals surface area contributed by atoms with Gasteiger partial charge in [-0.05, 0) is 49.2 Å². The summed E-state index contributed by atoms with van der Waals surface area (Å²) in [6.07, 6.45) is 1.23. The molecule has 0 aliphatic carbocycles. The molecule has 0 radical (unpaired) electrons. The number of nitrogens with one attached hydrogen (secondary N) is 1. The molecule has 5 rings (SSSR count). The van der Waals surface area contributed by atoms with Crippen LogP contribution >= 0.6 is 0 Å². The maximum atomic E-state index is 13.2. The van der Waals surface area contributed by atoms with Crippen LogP contribution in [-0.2, 0) is 17.8 Å². The van der Waals surface area contributed by atoms with Crippen molar-refractivity contribution < 1.29 is 14.6 Å². The normalized spacial score (nSPS) is 17.9. The molecular weight excluding hydrogens is 494 g/mol. The number of hydrogen-bond acceptors (Lipinski definition) is 6. The summed E-state index contributed by atoms with van der Waals surface area (Å²) in [6, 6.07) is 15.8. The number of aromatic hydroxyl groups is 1. The van der Waals surface area contributed by atoms with Crippen molar-refractivity contribution in [2.45, 2.75) is 39.0 Å². The van der Waals surface area contributed by atoms with Crippen LogP contribution in [0.1, 0.15) is 47.8 Å². The highest BCUT2D eigenvalue weighted by Gasteiger charge is 2.39. The molecule has 3 aromatic rings. The topological polar surface area (TPSA) is 102 Å². The first-order valence-corrected chi connectivity index (χ1v) is 13.2. The molecule has 2 N–H and O–H groups in total. The number of carbonyl (C=O) groups is 1. The highest BCUT2D eigenvalue weighted by molar-refractivity contribution is 5.78. The molecule has 3 heterocycles. The third-order valence-electron chi connectivity index (χ3n) is 7.20. The van der Waals surface area contributed by atoms with Gasteiger partial charge in [-0.2, -0.15) is 0 Å². The maximum absolute atomic E-state index is 13.2. The van der Waals surface area contributed by atoms with E-state index in [2.05, 4.69) is 51.0 Å². The van der Waals surface area contributed by atoms with Crippen molar-refractivity contribution in [3.63, 3.8) is 0 Å².